The van der Waals surface area contributed by atoms with Gasteiger partial charge in [0, 0.05) is 57.1 Å². The number of piperidine rings is 1. The van der Waals surface area contributed by atoms with Crippen LogP contribution in [0.25, 0.3) is 0 Å². The Morgan fingerprint density at radius 1 is 1.02 bits per heavy atom. The van der Waals surface area contributed by atoms with Crippen molar-refractivity contribution >= 4 is 17.7 Å². The smallest absolute Gasteiger partial charge is 0.243 e. The second-order valence-corrected chi connectivity index (χ2v) is 11.4. The average molecular weight is 559 g/mol. The lowest BCUT2D eigenvalue weighted by Crippen LogP contribution is -2.59. The number of benzene rings is 1. The molecule has 0 radical (unpaired) electrons. The van der Waals surface area contributed by atoms with Crippen LogP contribution in [0.15, 0.2) is 55.0 Å². The van der Waals surface area contributed by atoms with Crippen molar-refractivity contribution < 1.29 is 14.4 Å². The van der Waals surface area contributed by atoms with E-state index in [9.17, 15) is 14.4 Å². The van der Waals surface area contributed by atoms with Gasteiger partial charge in [-0.3, -0.25) is 19.4 Å². The molecule has 0 unspecified atom stereocenters. The van der Waals surface area contributed by atoms with Gasteiger partial charge < -0.3 is 20.9 Å². The fourth-order valence-electron chi connectivity index (χ4n) is 5.69. The van der Waals surface area contributed by atoms with E-state index in [2.05, 4.69) is 50.0 Å². The highest BCUT2D eigenvalue weighted by atomic mass is 16.2. The number of carbonyl (C=O) groups excluding carboxylic acids is 3. The van der Waals surface area contributed by atoms with E-state index in [0.29, 0.717) is 31.1 Å². The first-order valence-electron chi connectivity index (χ1n) is 14.3. The minimum absolute atomic E-state index is 0.101. The van der Waals surface area contributed by atoms with E-state index in [1.807, 2.05) is 36.4 Å². The minimum atomic E-state index is -0.845. The number of nitrogens with zero attached hydrogens (tertiary/aromatic N) is 5. The van der Waals surface area contributed by atoms with Crippen LogP contribution >= 0.6 is 0 Å². The van der Waals surface area contributed by atoms with Crippen molar-refractivity contribution in [3.8, 4) is 0 Å². The molecule has 2 aliphatic rings. The predicted octanol–water partition coefficient (Wildman–Crippen LogP) is 1.37. The van der Waals surface area contributed by atoms with Gasteiger partial charge in [-0.25, -0.2) is 4.68 Å². The zero-order valence-electron chi connectivity index (χ0n) is 23.7. The second-order valence-electron chi connectivity index (χ2n) is 11.4. The second kappa shape index (κ2) is 12.6. The SMILES string of the molecule is CC(C)N1CCC2(CC1)CC(=O)N[C@H](Cc1cn(Cc3cccnc3)nn1)C(=O)NCc1ccccc1CC(=O)N2. The fraction of sp³-hybridized carbons (Fsp3) is 0.467. The summed E-state index contributed by atoms with van der Waals surface area (Å²) in [6, 6.07) is 11.0. The van der Waals surface area contributed by atoms with Crippen LogP contribution in [0, 0.1) is 0 Å². The van der Waals surface area contributed by atoms with Crippen molar-refractivity contribution in [2.75, 3.05) is 13.1 Å². The normalized spacial score (nSPS) is 20.3. The number of rotatable bonds is 5. The lowest BCUT2D eigenvalue weighted by atomic mass is 9.83. The van der Waals surface area contributed by atoms with Gasteiger partial charge in [-0.05, 0) is 49.4 Å². The van der Waals surface area contributed by atoms with Crippen LogP contribution in [0.1, 0.15) is 55.5 Å². The summed E-state index contributed by atoms with van der Waals surface area (Å²) in [6.07, 6.45) is 7.06. The maximum absolute atomic E-state index is 13.5. The van der Waals surface area contributed by atoms with E-state index in [0.717, 1.165) is 29.8 Å². The molecule has 2 aliphatic heterocycles. The molecule has 11 nitrogen and oxygen atoms in total. The van der Waals surface area contributed by atoms with Gasteiger partial charge in [-0.1, -0.05) is 35.5 Å². The van der Waals surface area contributed by atoms with Gasteiger partial charge in [0.15, 0.2) is 0 Å². The molecule has 4 heterocycles. The standard InChI is InChI=1S/C30H38N8O3/c1-21(2)37-12-9-30(10-13-37)16-28(40)33-26(15-25-20-38(36-35-25)19-22-6-5-11-31-17-22)29(41)32-18-24-8-4-3-7-23(24)14-27(39)34-30/h3-8,11,17,20-21,26H,9-10,12-16,18-19H2,1-2H3,(H,32,41)(H,33,40)(H,34,39)/t26-/m1/s1. The molecule has 0 aliphatic carbocycles. The number of hydrogen-bond acceptors (Lipinski definition) is 7. The molecule has 41 heavy (non-hydrogen) atoms. The van der Waals surface area contributed by atoms with Crippen LogP contribution in [0.4, 0.5) is 0 Å². The van der Waals surface area contributed by atoms with Gasteiger partial charge in [-0.15, -0.1) is 5.10 Å². The highest BCUT2D eigenvalue weighted by Gasteiger charge is 2.39. The summed E-state index contributed by atoms with van der Waals surface area (Å²) in [5, 5.41) is 17.6. The van der Waals surface area contributed by atoms with E-state index in [-0.39, 0.29) is 43.5 Å². The average Bonchev–Trinajstić information content (AvgIpc) is 3.38. The quantitative estimate of drug-likeness (QED) is 0.431. The molecule has 2 aromatic heterocycles. The summed E-state index contributed by atoms with van der Waals surface area (Å²) in [4.78, 5) is 46.7. The maximum Gasteiger partial charge on any atom is 0.243 e. The van der Waals surface area contributed by atoms with Crippen molar-refractivity contribution in [3.63, 3.8) is 0 Å². The topological polar surface area (TPSA) is 134 Å². The number of nitrogens with one attached hydrogen (secondary N) is 3. The Hall–Kier alpha value is -4.12. The summed E-state index contributed by atoms with van der Waals surface area (Å²) < 4.78 is 1.69. The predicted molar refractivity (Wildman–Crippen MR) is 152 cm³/mol. The van der Waals surface area contributed by atoms with E-state index in [1.165, 1.54) is 0 Å². The van der Waals surface area contributed by atoms with Crippen LogP contribution in [0.5, 0.6) is 0 Å². The first-order valence-corrected chi connectivity index (χ1v) is 14.3. The van der Waals surface area contributed by atoms with Crippen LogP contribution in [-0.2, 0) is 40.3 Å². The Morgan fingerprint density at radius 3 is 2.54 bits per heavy atom. The zero-order chi connectivity index (χ0) is 28.8. The monoisotopic (exact) mass is 558 g/mol. The van der Waals surface area contributed by atoms with Gasteiger partial charge >= 0.3 is 0 Å². The largest absolute Gasteiger partial charge is 0.350 e. The van der Waals surface area contributed by atoms with Crippen molar-refractivity contribution in [3.05, 3.63) is 77.4 Å². The third kappa shape index (κ3) is 7.35. The molecule has 1 fully saturated rings. The van der Waals surface area contributed by atoms with Crippen LogP contribution in [-0.4, -0.2) is 73.3 Å². The van der Waals surface area contributed by atoms with Gasteiger partial charge in [0.25, 0.3) is 0 Å². The molecule has 0 bridgehead atoms. The van der Waals surface area contributed by atoms with E-state index in [1.54, 1.807) is 23.3 Å². The fourth-order valence-corrected chi connectivity index (χ4v) is 5.69. The number of pyridine rings is 1. The molecule has 1 saturated heterocycles. The number of likely N-dealkylation sites (tertiary alicyclic amines) is 1. The van der Waals surface area contributed by atoms with Crippen molar-refractivity contribution in [2.24, 2.45) is 0 Å². The number of aromatic nitrogens is 4. The zero-order valence-corrected chi connectivity index (χ0v) is 23.7. The van der Waals surface area contributed by atoms with Crippen molar-refractivity contribution in [1.82, 2.24) is 40.8 Å². The van der Waals surface area contributed by atoms with Crippen LogP contribution in [0.3, 0.4) is 0 Å². The Labute approximate surface area is 240 Å². The molecule has 0 saturated carbocycles. The van der Waals surface area contributed by atoms with E-state index < -0.39 is 11.6 Å². The molecule has 216 valence electrons. The molecule has 3 N–H and O–H groups in total. The van der Waals surface area contributed by atoms with E-state index >= 15 is 0 Å². The molecular formula is C30H38N8O3. The molecule has 1 aromatic carbocycles. The first-order chi connectivity index (χ1) is 19.8. The molecule has 1 spiro atoms. The summed E-state index contributed by atoms with van der Waals surface area (Å²) in [5.41, 5.74) is 2.61. The summed E-state index contributed by atoms with van der Waals surface area (Å²) in [5.74, 6) is -0.698. The van der Waals surface area contributed by atoms with Crippen LogP contribution < -0.4 is 16.0 Å². The summed E-state index contributed by atoms with van der Waals surface area (Å²) >= 11 is 0. The molecule has 11 heteroatoms. The van der Waals surface area contributed by atoms with Gasteiger partial charge in [0.1, 0.15) is 6.04 Å². The van der Waals surface area contributed by atoms with Gasteiger partial charge in [0.2, 0.25) is 17.7 Å². The molecule has 3 aromatic rings. The van der Waals surface area contributed by atoms with E-state index in [4.69, 9.17) is 0 Å². The van der Waals surface area contributed by atoms with Crippen LogP contribution in [0.2, 0.25) is 0 Å². The van der Waals surface area contributed by atoms with Crippen molar-refractivity contribution in [1.29, 1.82) is 0 Å². The maximum atomic E-state index is 13.5. The Kier molecular flexibility index (Phi) is 8.72. The van der Waals surface area contributed by atoms with Gasteiger partial charge in [0.05, 0.1) is 24.2 Å². The number of fused-ring (bicyclic) bond motifs is 1. The molecular weight excluding hydrogens is 520 g/mol. The Bertz CT molecular complexity index is 1360. The number of amides is 3. The lowest BCUT2D eigenvalue weighted by Gasteiger charge is -2.43. The highest BCUT2D eigenvalue weighted by molar-refractivity contribution is 5.89. The summed E-state index contributed by atoms with van der Waals surface area (Å²) in [6.45, 7) is 6.62. The highest BCUT2D eigenvalue weighted by Crippen LogP contribution is 2.28. The Morgan fingerprint density at radius 2 is 1.80 bits per heavy atom. The molecule has 5 rings (SSSR count). The molecule has 3 amide bonds. The number of hydrogen-bond donors (Lipinski definition) is 3. The third-order valence-electron chi connectivity index (χ3n) is 8.03. The number of carbonyl (C=O) groups is 3. The summed E-state index contributed by atoms with van der Waals surface area (Å²) in [7, 11) is 0. The Balaban J connectivity index is 1.38. The lowest BCUT2D eigenvalue weighted by molar-refractivity contribution is -0.131. The molecule has 1 atom stereocenters. The minimum Gasteiger partial charge on any atom is -0.350 e. The van der Waals surface area contributed by atoms with Crippen molar-refractivity contribution in [2.45, 2.75) is 76.7 Å². The third-order valence-corrected chi connectivity index (χ3v) is 8.03. The first kappa shape index (κ1) is 28.4. The van der Waals surface area contributed by atoms with Gasteiger partial charge in [-0.2, -0.15) is 0 Å².